The Morgan fingerprint density at radius 2 is 0.932 bits per heavy atom. The molecule has 44 heavy (non-hydrogen) atoms. The molecule has 8 heteroatoms. The van der Waals surface area contributed by atoms with E-state index in [1.807, 2.05) is 91.0 Å². The van der Waals surface area contributed by atoms with Crippen LogP contribution < -0.4 is 4.18 Å². The fourth-order valence-corrected chi connectivity index (χ4v) is 8.17. The Kier molecular flexibility index (Phi) is 6.70. The zero-order valence-electron chi connectivity index (χ0n) is 23.0. The Morgan fingerprint density at radius 3 is 1.48 bits per heavy atom. The predicted octanol–water partition coefficient (Wildman–Crippen LogP) is 8.15. The van der Waals surface area contributed by atoms with Crippen LogP contribution in [0.5, 0.6) is 5.75 Å². The third kappa shape index (κ3) is 4.69. The van der Waals surface area contributed by atoms with E-state index in [1.54, 1.807) is 36.4 Å². The van der Waals surface area contributed by atoms with Crippen molar-refractivity contribution in [1.82, 2.24) is 0 Å². The second-order valence-corrected chi connectivity index (χ2v) is 13.1. The van der Waals surface area contributed by atoms with E-state index in [0.29, 0.717) is 22.3 Å². The molecule has 0 aliphatic heterocycles. The van der Waals surface area contributed by atoms with Gasteiger partial charge in [0.2, 0.25) is 0 Å². The van der Waals surface area contributed by atoms with Gasteiger partial charge < -0.3 is 8.74 Å². The van der Waals surface area contributed by atoms with Gasteiger partial charge in [-0.15, -0.1) is 0 Å². The Balaban J connectivity index is 1.59. The maximum absolute atomic E-state index is 14.8. The van der Waals surface area contributed by atoms with Gasteiger partial charge in [-0.05, 0) is 28.0 Å². The Bertz CT molecular complexity index is 2380. The molecular formula is C36H23O6S2-. The minimum Gasteiger partial charge on any atom is -0.744 e. The van der Waals surface area contributed by atoms with Gasteiger partial charge in [-0.3, -0.25) is 0 Å². The van der Waals surface area contributed by atoms with Crippen LogP contribution in [0.1, 0.15) is 0 Å². The van der Waals surface area contributed by atoms with Crippen molar-refractivity contribution in [3.8, 4) is 28.0 Å². The highest BCUT2D eigenvalue weighted by Crippen LogP contribution is 2.45. The Labute approximate surface area is 254 Å². The molecule has 7 rings (SSSR count). The lowest BCUT2D eigenvalue weighted by molar-refractivity contribution is 0.465. The first-order valence-electron chi connectivity index (χ1n) is 13.7. The van der Waals surface area contributed by atoms with E-state index in [4.69, 9.17) is 4.18 Å². The summed E-state index contributed by atoms with van der Waals surface area (Å²) in [6.45, 7) is 0. The highest BCUT2D eigenvalue weighted by Gasteiger charge is 2.30. The summed E-state index contributed by atoms with van der Waals surface area (Å²) in [5, 5.41) is 2.11. The van der Waals surface area contributed by atoms with E-state index in [0.717, 1.165) is 10.8 Å². The summed E-state index contributed by atoms with van der Waals surface area (Å²) in [6.07, 6.45) is 0. The number of fused-ring (bicyclic) bond motifs is 3. The monoisotopic (exact) mass is 615 g/mol. The molecule has 0 amide bonds. The molecule has 0 saturated carbocycles. The summed E-state index contributed by atoms with van der Waals surface area (Å²) in [6, 6.07) is 40.4. The first kappa shape index (κ1) is 27.8. The zero-order valence-corrected chi connectivity index (χ0v) is 24.7. The molecule has 0 aromatic heterocycles. The van der Waals surface area contributed by atoms with Crippen LogP contribution in [0, 0.1) is 0 Å². The molecule has 7 aromatic carbocycles. The second kappa shape index (κ2) is 10.6. The molecule has 0 aliphatic carbocycles. The highest BCUT2D eigenvalue weighted by molar-refractivity contribution is 7.87. The number of hydrogen-bond donors (Lipinski definition) is 0. The lowest BCUT2D eigenvalue weighted by Gasteiger charge is -2.21. The third-order valence-corrected chi connectivity index (χ3v) is 9.92. The summed E-state index contributed by atoms with van der Waals surface area (Å²) in [4.78, 5) is -0.448. The lowest BCUT2D eigenvalue weighted by atomic mass is 9.93. The predicted molar refractivity (Wildman–Crippen MR) is 172 cm³/mol. The normalized spacial score (nSPS) is 12.1. The smallest absolute Gasteiger partial charge is 0.340 e. The van der Waals surface area contributed by atoms with Crippen LogP contribution in [0.4, 0.5) is 0 Å². The van der Waals surface area contributed by atoms with Crippen molar-refractivity contribution in [2.24, 2.45) is 0 Å². The first-order chi connectivity index (χ1) is 21.2. The molecule has 216 valence electrons. The standard InChI is InChI=1S/C36H24O6S2/c37-43(38,39)35-30-21-11-9-19-28(30)34(29-20-10-12-22-31(29)35)42-44(40,41)36-32(24-13-3-1-4-14-24)23-26-17-7-8-18-27(26)33(36)25-15-5-2-6-16-25/h1-23H,(H,37,38,39)/p-1. The molecule has 0 heterocycles. The molecule has 0 bridgehead atoms. The minimum absolute atomic E-state index is 0.0257. The second-order valence-electron chi connectivity index (χ2n) is 10.3. The van der Waals surface area contributed by atoms with Crippen molar-refractivity contribution >= 4 is 52.6 Å². The van der Waals surface area contributed by atoms with E-state index >= 15 is 0 Å². The van der Waals surface area contributed by atoms with Crippen molar-refractivity contribution in [3.63, 3.8) is 0 Å². The summed E-state index contributed by atoms with van der Waals surface area (Å²) in [5.41, 5.74) is 2.30. The Morgan fingerprint density at radius 1 is 0.477 bits per heavy atom. The molecule has 6 nitrogen and oxygen atoms in total. The number of hydrogen-bond acceptors (Lipinski definition) is 6. The molecule has 7 aromatic rings. The van der Waals surface area contributed by atoms with Crippen molar-refractivity contribution in [2.45, 2.75) is 9.79 Å². The molecule has 0 aliphatic rings. The highest BCUT2D eigenvalue weighted by atomic mass is 32.2. The summed E-state index contributed by atoms with van der Waals surface area (Å²) in [5.74, 6) is -0.0604. The van der Waals surface area contributed by atoms with Gasteiger partial charge in [0.15, 0.2) is 5.75 Å². The molecule has 0 fully saturated rings. The van der Waals surface area contributed by atoms with Gasteiger partial charge in [-0.25, -0.2) is 8.42 Å². The zero-order chi connectivity index (χ0) is 30.5. The summed E-state index contributed by atoms with van der Waals surface area (Å²) >= 11 is 0. The van der Waals surface area contributed by atoms with Crippen LogP contribution in [0.15, 0.2) is 149 Å². The average Bonchev–Trinajstić information content (AvgIpc) is 3.04. The average molecular weight is 616 g/mol. The van der Waals surface area contributed by atoms with Gasteiger partial charge >= 0.3 is 10.1 Å². The van der Waals surface area contributed by atoms with Crippen LogP contribution >= 0.6 is 0 Å². The Hall–Kier alpha value is -5.02. The molecule has 0 N–H and O–H groups in total. The van der Waals surface area contributed by atoms with Crippen molar-refractivity contribution < 1.29 is 25.6 Å². The fourth-order valence-electron chi connectivity index (χ4n) is 5.87. The van der Waals surface area contributed by atoms with Gasteiger partial charge in [0.1, 0.15) is 15.0 Å². The fraction of sp³-hybridized carbons (Fsp3) is 0. The minimum atomic E-state index is -4.93. The van der Waals surface area contributed by atoms with Crippen LogP contribution in [0.25, 0.3) is 54.6 Å². The van der Waals surface area contributed by atoms with Gasteiger partial charge in [0, 0.05) is 32.7 Å². The van der Waals surface area contributed by atoms with Crippen LogP contribution in [0.3, 0.4) is 0 Å². The van der Waals surface area contributed by atoms with Gasteiger partial charge in [-0.2, -0.15) is 8.42 Å². The van der Waals surface area contributed by atoms with E-state index < -0.39 is 25.1 Å². The van der Waals surface area contributed by atoms with Gasteiger partial charge in [0.25, 0.3) is 0 Å². The molecule has 0 atom stereocenters. The topological polar surface area (TPSA) is 101 Å². The molecule has 0 saturated heterocycles. The van der Waals surface area contributed by atoms with E-state index in [-0.39, 0.29) is 32.2 Å². The van der Waals surface area contributed by atoms with Crippen LogP contribution in [-0.2, 0) is 20.2 Å². The molecular weight excluding hydrogens is 593 g/mol. The van der Waals surface area contributed by atoms with Crippen molar-refractivity contribution in [2.75, 3.05) is 0 Å². The van der Waals surface area contributed by atoms with Gasteiger partial charge in [-0.1, -0.05) is 133 Å². The first-order valence-corrected chi connectivity index (χ1v) is 16.6. The van der Waals surface area contributed by atoms with Crippen molar-refractivity contribution in [1.29, 1.82) is 0 Å². The molecule has 0 unspecified atom stereocenters. The lowest BCUT2D eigenvalue weighted by Crippen LogP contribution is -2.14. The largest absolute Gasteiger partial charge is 0.744 e. The summed E-state index contributed by atoms with van der Waals surface area (Å²) in [7, 11) is -9.55. The van der Waals surface area contributed by atoms with E-state index in [2.05, 4.69) is 0 Å². The van der Waals surface area contributed by atoms with Gasteiger partial charge in [0.05, 0.1) is 4.90 Å². The van der Waals surface area contributed by atoms with E-state index in [9.17, 15) is 21.4 Å². The SMILES string of the molecule is O=S(=O)([O-])c1c2ccccc2c(OS(=O)(=O)c2c(-c3ccccc3)cc3ccccc3c2-c2ccccc2)c2ccccc12. The third-order valence-electron chi connectivity index (χ3n) is 7.67. The van der Waals surface area contributed by atoms with Crippen LogP contribution in [-0.4, -0.2) is 21.4 Å². The molecule has 0 spiro atoms. The maximum Gasteiger partial charge on any atom is 0.340 e. The molecule has 0 radical (unpaired) electrons. The van der Waals surface area contributed by atoms with Crippen LogP contribution in [0.2, 0.25) is 0 Å². The quantitative estimate of drug-likeness (QED) is 0.106. The van der Waals surface area contributed by atoms with Crippen molar-refractivity contribution in [3.05, 3.63) is 140 Å². The summed E-state index contributed by atoms with van der Waals surface area (Å²) < 4.78 is 73.2. The number of rotatable bonds is 6. The van der Waals surface area contributed by atoms with E-state index in [1.165, 1.54) is 12.1 Å². The number of benzene rings is 7. The maximum atomic E-state index is 14.8.